The SMILES string of the molecule is CC.CC.N#Cc1ccc2nccc(Nc3ccc(C(=O)Nc4ccc(Nc5ccncc5)cc4)nc3)c2c1. The molecule has 0 unspecified atom stereocenters. The van der Waals surface area contributed by atoms with E-state index in [1.807, 2.05) is 76.2 Å². The van der Waals surface area contributed by atoms with Gasteiger partial charge >= 0.3 is 0 Å². The summed E-state index contributed by atoms with van der Waals surface area (Å²) in [6, 6.07) is 23.9. The van der Waals surface area contributed by atoms with Crippen LogP contribution in [0.4, 0.5) is 28.4 Å². The molecule has 3 heterocycles. The first-order valence-electron chi connectivity index (χ1n) is 12.8. The Labute approximate surface area is 228 Å². The van der Waals surface area contributed by atoms with Crippen LogP contribution in [0.15, 0.2) is 97.6 Å². The van der Waals surface area contributed by atoms with Gasteiger partial charge in [0.2, 0.25) is 0 Å². The fraction of sp³-hybridized carbons (Fsp3) is 0.129. The van der Waals surface area contributed by atoms with Gasteiger partial charge in [0.1, 0.15) is 5.69 Å². The number of rotatable bonds is 6. The van der Waals surface area contributed by atoms with Gasteiger partial charge in [-0.3, -0.25) is 14.8 Å². The van der Waals surface area contributed by atoms with Crippen molar-refractivity contribution >= 4 is 45.2 Å². The molecule has 0 radical (unpaired) electrons. The number of nitrogens with one attached hydrogen (secondary N) is 3. The second kappa shape index (κ2) is 14.4. The summed E-state index contributed by atoms with van der Waals surface area (Å²) in [7, 11) is 0. The Kier molecular flexibility index (Phi) is 10.5. The maximum Gasteiger partial charge on any atom is 0.274 e. The molecule has 5 rings (SSSR count). The molecule has 0 fully saturated rings. The Morgan fingerprint density at radius 2 is 1.38 bits per heavy atom. The molecule has 3 N–H and O–H groups in total. The van der Waals surface area contributed by atoms with Crippen LogP contribution in [0.25, 0.3) is 10.9 Å². The summed E-state index contributed by atoms with van der Waals surface area (Å²) in [6.07, 6.45) is 6.73. The van der Waals surface area contributed by atoms with Crippen LogP contribution in [0.1, 0.15) is 43.7 Å². The molecule has 5 aromatic rings. The summed E-state index contributed by atoms with van der Waals surface area (Å²) < 4.78 is 0. The number of fused-ring (bicyclic) bond motifs is 1. The monoisotopic (exact) mass is 517 g/mol. The highest BCUT2D eigenvalue weighted by Crippen LogP contribution is 2.26. The molecular weight excluding hydrogens is 486 g/mol. The zero-order valence-electron chi connectivity index (χ0n) is 22.4. The fourth-order valence-electron chi connectivity index (χ4n) is 3.52. The number of carbonyl (C=O) groups is 1. The van der Waals surface area contributed by atoms with E-state index in [-0.39, 0.29) is 5.91 Å². The van der Waals surface area contributed by atoms with E-state index in [1.54, 1.807) is 49.1 Å². The molecule has 0 spiro atoms. The van der Waals surface area contributed by atoms with E-state index in [4.69, 9.17) is 0 Å². The lowest BCUT2D eigenvalue weighted by Gasteiger charge is -2.11. The minimum Gasteiger partial charge on any atom is -0.355 e. The summed E-state index contributed by atoms with van der Waals surface area (Å²) in [5.74, 6) is -0.306. The summed E-state index contributed by atoms with van der Waals surface area (Å²) in [5, 5.41) is 19.4. The second-order valence-electron chi connectivity index (χ2n) is 7.65. The molecule has 0 atom stereocenters. The van der Waals surface area contributed by atoms with E-state index in [0.717, 1.165) is 28.0 Å². The van der Waals surface area contributed by atoms with E-state index in [1.165, 1.54) is 0 Å². The van der Waals surface area contributed by atoms with Gasteiger partial charge in [0.15, 0.2) is 0 Å². The molecule has 0 aliphatic rings. The molecular formula is C31H31N7O. The molecule has 0 aliphatic carbocycles. The Balaban J connectivity index is 0.00000100. The average molecular weight is 518 g/mol. The van der Waals surface area contributed by atoms with Crippen molar-refractivity contribution in [2.45, 2.75) is 27.7 Å². The van der Waals surface area contributed by atoms with Gasteiger partial charge in [-0.15, -0.1) is 0 Å². The zero-order chi connectivity index (χ0) is 28.0. The van der Waals surface area contributed by atoms with Crippen molar-refractivity contribution in [3.8, 4) is 6.07 Å². The van der Waals surface area contributed by atoms with Crippen molar-refractivity contribution in [2.24, 2.45) is 0 Å². The van der Waals surface area contributed by atoms with Crippen LogP contribution in [0.2, 0.25) is 0 Å². The first-order valence-corrected chi connectivity index (χ1v) is 12.8. The average Bonchev–Trinajstić information content (AvgIpc) is 3.01. The zero-order valence-corrected chi connectivity index (χ0v) is 22.4. The Bertz CT molecular complexity index is 1530. The van der Waals surface area contributed by atoms with Gasteiger partial charge in [-0.25, -0.2) is 4.98 Å². The van der Waals surface area contributed by atoms with E-state index in [2.05, 4.69) is 37.0 Å². The van der Waals surface area contributed by atoms with Crippen molar-refractivity contribution in [3.63, 3.8) is 0 Å². The quantitative estimate of drug-likeness (QED) is 0.211. The van der Waals surface area contributed by atoms with E-state index in [9.17, 15) is 10.1 Å². The van der Waals surface area contributed by atoms with Gasteiger partial charge in [-0.2, -0.15) is 5.26 Å². The molecule has 1 amide bonds. The first kappa shape index (κ1) is 28.3. The Hall–Kier alpha value is -5.29. The van der Waals surface area contributed by atoms with Gasteiger partial charge in [-0.05, 0) is 72.8 Å². The van der Waals surface area contributed by atoms with Gasteiger partial charge < -0.3 is 16.0 Å². The van der Waals surface area contributed by atoms with Crippen LogP contribution < -0.4 is 16.0 Å². The highest BCUT2D eigenvalue weighted by atomic mass is 16.1. The maximum atomic E-state index is 12.6. The smallest absolute Gasteiger partial charge is 0.274 e. The second-order valence-corrected chi connectivity index (χ2v) is 7.65. The van der Waals surface area contributed by atoms with Crippen molar-refractivity contribution < 1.29 is 4.79 Å². The number of hydrogen-bond acceptors (Lipinski definition) is 7. The minimum atomic E-state index is -0.306. The maximum absolute atomic E-state index is 12.6. The van der Waals surface area contributed by atoms with E-state index in [0.29, 0.717) is 22.6 Å². The van der Waals surface area contributed by atoms with Crippen molar-refractivity contribution in [2.75, 3.05) is 16.0 Å². The lowest BCUT2D eigenvalue weighted by atomic mass is 10.1. The van der Waals surface area contributed by atoms with Gasteiger partial charge in [0.25, 0.3) is 5.91 Å². The topological polar surface area (TPSA) is 116 Å². The number of anilines is 5. The van der Waals surface area contributed by atoms with Crippen LogP contribution in [0, 0.1) is 11.3 Å². The number of nitriles is 1. The Morgan fingerprint density at radius 1 is 0.718 bits per heavy atom. The lowest BCUT2D eigenvalue weighted by molar-refractivity contribution is 0.102. The van der Waals surface area contributed by atoms with Crippen molar-refractivity contribution in [1.82, 2.24) is 15.0 Å². The van der Waals surface area contributed by atoms with Gasteiger partial charge in [0.05, 0.1) is 29.0 Å². The number of hydrogen-bond donors (Lipinski definition) is 3. The number of benzene rings is 2. The molecule has 0 saturated carbocycles. The predicted molar refractivity (Wildman–Crippen MR) is 159 cm³/mol. The third-order valence-electron chi connectivity index (χ3n) is 5.26. The molecule has 196 valence electrons. The van der Waals surface area contributed by atoms with Crippen LogP contribution >= 0.6 is 0 Å². The highest BCUT2D eigenvalue weighted by Gasteiger charge is 2.09. The van der Waals surface area contributed by atoms with Crippen LogP contribution in [-0.2, 0) is 0 Å². The summed E-state index contributed by atoms with van der Waals surface area (Å²) >= 11 is 0. The summed E-state index contributed by atoms with van der Waals surface area (Å²) in [5.41, 5.74) is 5.62. The molecule has 39 heavy (non-hydrogen) atoms. The standard InChI is InChI=1S/C27H19N7O.2C2H6/c28-16-18-1-7-24-23(15-18)25(11-14-30-24)33-22-6-8-26(31-17-22)27(35)34-20-4-2-19(3-5-20)32-21-9-12-29-13-10-21;2*1-2/h1-15,17H,(H,29,32)(H,30,33)(H,34,35);2*1-2H3. The molecule has 0 aliphatic heterocycles. The van der Waals surface area contributed by atoms with Crippen molar-refractivity contribution in [3.05, 3.63) is 109 Å². The minimum absolute atomic E-state index is 0.292. The lowest BCUT2D eigenvalue weighted by Crippen LogP contribution is -2.13. The molecule has 2 aromatic carbocycles. The number of amides is 1. The summed E-state index contributed by atoms with van der Waals surface area (Å²) in [4.78, 5) is 25.3. The number of nitrogens with zero attached hydrogens (tertiary/aromatic N) is 4. The largest absolute Gasteiger partial charge is 0.355 e. The first-order chi connectivity index (χ1) is 19.2. The fourth-order valence-corrected chi connectivity index (χ4v) is 3.52. The van der Waals surface area contributed by atoms with Crippen LogP contribution in [0.5, 0.6) is 0 Å². The molecule has 8 nitrogen and oxygen atoms in total. The normalized spacial score (nSPS) is 9.62. The molecule has 0 bridgehead atoms. The van der Waals surface area contributed by atoms with Gasteiger partial charge in [0, 0.05) is 46.7 Å². The van der Waals surface area contributed by atoms with E-state index < -0.39 is 0 Å². The van der Waals surface area contributed by atoms with Crippen molar-refractivity contribution in [1.29, 1.82) is 5.26 Å². The predicted octanol–water partition coefficient (Wildman–Crippen LogP) is 7.69. The number of carbonyl (C=O) groups excluding carboxylic acids is 1. The highest BCUT2D eigenvalue weighted by molar-refractivity contribution is 6.03. The Morgan fingerprint density at radius 3 is 2.05 bits per heavy atom. The number of pyridine rings is 3. The van der Waals surface area contributed by atoms with E-state index >= 15 is 0 Å². The van der Waals surface area contributed by atoms with Gasteiger partial charge in [-0.1, -0.05) is 27.7 Å². The molecule has 0 saturated heterocycles. The van der Waals surface area contributed by atoms with Crippen LogP contribution in [0.3, 0.4) is 0 Å². The third kappa shape index (κ3) is 7.60. The van der Waals surface area contributed by atoms with Crippen LogP contribution in [-0.4, -0.2) is 20.9 Å². The summed E-state index contributed by atoms with van der Waals surface area (Å²) in [6.45, 7) is 8.00. The number of aromatic nitrogens is 3. The molecule has 8 heteroatoms. The third-order valence-corrected chi connectivity index (χ3v) is 5.26. The molecule has 3 aromatic heterocycles.